The van der Waals surface area contributed by atoms with Crippen molar-refractivity contribution in [2.24, 2.45) is 0 Å². The zero-order valence-electron chi connectivity index (χ0n) is 12.1. The van der Waals surface area contributed by atoms with Crippen LogP contribution in [-0.2, 0) is 4.79 Å². The van der Waals surface area contributed by atoms with Gasteiger partial charge in [0.15, 0.2) is 17.0 Å². The summed E-state index contributed by atoms with van der Waals surface area (Å²) in [5, 5.41) is 0. The van der Waals surface area contributed by atoms with Crippen LogP contribution in [0.15, 0.2) is 39.4 Å². The van der Waals surface area contributed by atoms with Crippen molar-refractivity contribution in [3.05, 3.63) is 51.9 Å². The minimum absolute atomic E-state index is 0.0860. The van der Waals surface area contributed by atoms with Gasteiger partial charge in [-0.2, -0.15) is 0 Å². The number of hydrazine groups is 1. The van der Waals surface area contributed by atoms with Crippen molar-refractivity contribution in [2.75, 3.05) is 6.61 Å². The van der Waals surface area contributed by atoms with Gasteiger partial charge in [-0.05, 0) is 53.0 Å². The Morgan fingerprint density at radius 3 is 2.41 bits per heavy atom. The van der Waals surface area contributed by atoms with Crippen LogP contribution in [0.1, 0.15) is 21.7 Å². The van der Waals surface area contributed by atoms with Crippen molar-refractivity contribution in [2.45, 2.75) is 13.8 Å². The first-order valence-corrected chi connectivity index (χ1v) is 7.30. The molecular formula is C15H15BrN2O4. The molecule has 0 fully saturated rings. The van der Waals surface area contributed by atoms with Crippen LogP contribution < -0.4 is 15.6 Å². The van der Waals surface area contributed by atoms with Gasteiger partial charge in [0, 0.05) is 0 Å². The first-order chi connectivity index (χ1) is 10.5. The summed E-state index contributed by atoms with van der Waals surface area (Å²) in [5.74, 6) is -0.269. The summed E-state index contributed by atoms with van der Waals surface area (Å²) in [6.45, 7) is 3.60. The molecule has 0 atom stereocenters. The minimum atomic E-state index is -0.550. The quantitative estimate of drug-likeness (QED) is 0.814. The van der Waals surface area contributed by atoms with E-state index in [4.69, 9.17) is 9.15 Å². The van der Waals surface area contributed by atoms with Crippen molar-refractivity contribution in [3.8, 4) is 5.75 Å². The van der Waals surface area contributed by atoms with Gasteiger partial charge < -0.3 is 9.15 Å². The molecule has 0 unspecified atom stereocenters. The summed E-state index contributed by atoms with van der Waals surface area (Å²) in [4.78, 5) is 23.4. The number of benzene rings is 1. The number of hydrogen-bond donors (Lipinski definition) is 2. The maximum absolute atomic E-state index is 11.7. The monoisotopic (exact) mass is 366 g/mol. The van der Waals surface area contributed by atoms with Crippen LogP contribution in [-0.4, -0.2) is 18.4 Å². The van der Waals surface area contributed by atoms with E-state index in [0.717, 1.165) is 11.1 Å². The average molecular weight is 367 g/mol. The molecule has 2 rings (SSSR count). The second kappa shape index (κ2) is 7.13. The Labute approximate surface area is 135 Å². The van der Waals surface area contributed by atoms with Gasteiger partial charge in [-0.3, -0.25) is 20.4 Å². The highest BCUT2D eigenvalue weighted by atomic mass is 79.9. The maximum atomic E-state index is 11.7. The first-order valence-electron chi connectivity index (χ1n) is 6.51. The SMILES string of the molecule is Cc1cccc(C)c1OCC(=O)NNC(=O)c1ccc(Br)o1. The molecule has 2 amide bonds. The molecule has 116 valence electrons. The topological polar surface area (TPSA) is 80.6 Å². The lowest BCUT2D eigenvalue weighted by Crippen LogP contribution is -2.43. The molecule has 0 bridgehead atoms. The lowest BCUT2D eigenvalue weighted by molar-refractivity contribution is -0.123. The van der Waals surface area contributed by atoms with Crippen LogP contribution in [0.25, 0.3) is 0 Å². The van der Waals surface area contributed by atoms with Gasteiger partial charge in [0.05, 0.1) is 0 Å². The third kappa shape index (κ3) is 4.11. The van der Waals surface area contributed by atoms with Gasteiger partial charge in [-0.1, -0.05) is 18.2 Å². The van der Waals surface area contributed by atoms with Gasteiger partial charge >= 0.3 is 5.91 Å². The molecule has 0 spiro atoms. The summed E-state index contributed by atoms with van der Waals surface area (Å²) in [7, 11) is 0. The molecule has 0 saturated heterocycles. The highest BCUT2D eigenvalue weighted by molar-refractivity contribution is 9.10. The van der Waals surface area contributed by atoms with Gasteiger partial charge in [0.2, 0.25) is 0 Å². The van der Waals surface area contributed by atoms with Crippen LogP contribution in [0.3, 0.4) is 0 Å². The average Bonchev–Trinajstić information content (AvgIpc) is 2.91. The molecule has 0 radical (unpaired) electrons. The first kappa shape index (κ1) is 16.1. The standard InChI is InChI=1S/C15H15BrN2O4/c1-9-4-3-5-10(2)14(9)21-8-13(19)17-18-15(20)11-6-7-12(16)22-11/h3-7H,8H2,1-2H3,(H,17,19)(H,18,20). The van der Waals surface area contributed by atoms with Crippen LogP contribution in [0.5, 0.6) is 5.75 Å². The van der Waals surface area contributed by atoms with E-state index < -0.39 is 11.8 Å². The highest BCUT2D eigenvalue weighted by Gasteiger charge is 2.12. The number of ether oxygens (including phenoxy) is 1. The fourth-order valence-electron chi connectivity index (χ4n) is 1.83. The number of nitrogens with one attached hydrogen (secondary N) is 2. The van der Waals surface area contributed by atoms with Crippen molar-refractivity contribution in [3.63, 3.8) is 0 Å². The normalized spacial score (nSPS) is 10.1. The molecule has 0 aliphatic rings. The Hall–Kier alpha value is -2.28. The van der Waals surface area contributed by atoms with E-state index in [-0.39, 0.29) is 12.4 Å². The summed E-state index contributed by atoms with van der Waals surface area (Å²) in [6.07, 6.45) is 0. The maximum Gasteiger partial charge on any atom is 0.305 e. The third-order valence-corrected chi connectivity index (χ3v) is 3.30. The second-order valence-electron chi connectivity index (χ2n) is 4.62. The predicted octanol–water partition coefficient (Wildman–Crippen LogP) is 2.50. The van der Waals surface area contributed by atoms with E-state index in [1.54, 1.807) is 6.07 Å². The van der Waals surface area contributed by atoms with Crippen molar-refractivity contribution in [1.82, 2.24) is 10.9 Å². The zero-order chi connectivity index (χ0) is 16.1. The van der Waals surface area contributed by atoms with E-state index in [0.29, 0.717) is 10.4 Å². The molecule has 1 aromatic carbocycles. The fraction of sp³-hybridized carbons (Fsp3) is 0.200. The van der Waals surface area contributed by atoms with Gasteiger partial charge in [0.25, 0.3) is 5.91 Å². The van der Waals surface area contributed by atoms with Crippen LogP contribution in [0.4, 0.5) is 0 Å². The molecule has 2 aromatic rings. The van der Waals surface area contributed by atoms with Crippen LogP contribution >= 0.6 is 15.9 Å². The molecule has 7 heteroatoms. The predicted molar refractivity (Wildman–Crippen MR) is 83.4 cm³/mol. The Morgan fingerprint density at radius 2 is 1.82 bits per heavy atom. The fourth-order valence-corrected chi connectivity index (χ4v) is 2.13. The zero-order valence-corrected chi connectivity index (χ0v) is 13.7. The Bertz CT molecular complexity index is 676. The van der Waals surface area contributed by atoms with Crippen molar-refractivity contribution >= 4 is 27.7 Å². The molecule has 22 heavy (non-hydrogen) atoms. The molecule has 2 N–H and O–H groups in total. The number of amides is 2. The number of halogens is 1. The molecule has 0 aliphatic carbocycles. The van der Waals surface area contributed by atoms with Gasteiger partial charge in [0.1, 0.15) is 5.75 Å². The molecule has 1 aromatic heterocycles. The minimum Gasteiger partial charge on any atom is -0.483 e. The Morgan fingerprint density at radius 1 is 1.14 bits per heavy atom. The Balaban J connectivity index is 1.82. The summed E-state index contributed by atoms with van der Waals surface area (Å²) in [6, 6.07) is 8.78. The van der Waals surface area contributed by atoms with E-state index in [1.165, 1.54) is 6.07 Å². The van der Waals surface area contributed by atoms with Gasteiger partial charge in [-0.25, -0.2) is 0 Å². The number of aryl methyl sites for hydroxylation is 2. The second-order valence-corrected chi connectivity index (χ2v) is 5.40. The molecule has 0 aliphatic heterocycles. The van der Waals surface area contributed by atoms with Crippen molar-refractivity contribution < 1.29 is 18.7 Å². The molecule has 6 nitrogen and oxygen atoms in total. The highest BCUT2D eigenvalue weighted by Crippen LogP contribution is 2.21. The van der Waals surface area contributed by atoms with E-state index in [2.05, 4.69) is 26.8 Å². The number of hydrogen-bond acceptors (Lipinski definition) is 4. The molecule has 1 heterocycles. The smallest absolute Gasteiger partial charge is 0.305 e. The lowest BCUT2D eigenvalue weighted by Gasteiger charge is -2.12. The number of carbonyl (C=O) groups is 2. The van der Waals surface area contributed by atoms with E-state index in [9.17, 15) is 9.59 Å². The lowest BCUT2D eigenvalue weighted by atomic mass is 10.1. The Kier molecular flexibility index (Phi) is 5.21. The summed E-state index contributed by atoms with van der Waals surface area (Å²) in [5.41, 5.74) is 6.39. The van der Waals surface area contributed by atoms with E-state index in [1.807, 2.05) is 32.0 Å². The molecular weight excluding hydrogens is 352 g/mol. The molecule has 0 saturated carbocycles. The van der Waals surface area contributed by atoms with Crippen molar-refractivity contribution in [1.29, 1.82) is 0 Å². The van der Waals surface area contributed by atoms with Gasteiger partial charge in [-0.15, -0.1) is 0 Å². The third-order valence-electron chi connectivity index (χ3n) is 2.87. The number of para-hydroxylation sites is 1. The largest absolute Gasteiger partial charge is 0.483 e. The number of furan rings is 1. The van der Waals surface area contributed by atoms with Crippen LogP contribution in [0.2, 0.25) is 0 Å². The van der Waals surface area contributed by atoms with E-state index >= 15 is 0 Å². The number of rotatable bonds is 4. The van der Waals surface area contributed by atoms with Crippen LogP contribution in [0, 0.1) is 13.8 Å². The summed E-state index contributed by atoms with van der Waals surface area (Å²) >= 11 is 3.09. The number of carbonyl (C=O) groups excluding carboxylic acids is 2. The summed E-state index contributed by atoms with van der Waals surface area (Å²) < 4.78 is 11.0.